The Morgan fingerprint density at radius 3 is 2.56 bits per heavy atom. The summed E-state index contributed by atoms with van der Waals surface area (Å²) in [5.74, 6) is 0.996. The predicted molar refractivity (Wildman–Crippen MR) is 121 cm³/mol. The molecule has 0 saturated carbocycles. The van der Waals surface area contributed by atoms with Crippen LogP contribution in [-0.4, -0.2) is 61.8 Å². The van der Waals surface area contributed by atoms with E-state index in [1.54, 1.807) is 12.1 Å². The number of likely N-dealkylation sites (tertiary alicyclic amines) is 1. The normalized spacial score (nSPS) is 20.9. The van der Waals surface area contributed by atoms with E-state index < -0.39 is 0 Å². The van der Waals surface area contributed by atoms with Gasteiger partial charge in [-0.1, -0.05) is 24.3 Å². The molecule has 7 heteroatoms. The average Bonchev–Trinajstić information content (AvgIpc) is 3.45. The minimum Gasteiger partial charge on any atom is -0.488 e. The number of rotatable bonds is 8. The first kappa shape index (κ1) is 22.6. The van der Waals surface area contributed by atoms with Crippen molar-refractivity contribution in [2.75, 3.05) is 39.9 Å². The summed E-state index contributed by atoms with van der Waals surface area (Å²) in [7, 11) is 2.11. The SMILES string of the molecule is CN1CC[C@H](CN(Cc2ccc(F)cc2)C(=O)NCc2ccc(OC3CCOC3)cc2)C1. The van der Waals surface area contributed by atoms with E-state index in [9.17, 15) is 9.18 Å². The summed E-state index contributed by atoms with van der Waals surface area (Å²) in [5.41, 5.74) is 1.93. The highest BCUT2D eigenvalue weighted by Gasteiger charge is 2.24. The summed E-state index contributed by atoms with van der Waals surface area (Å²) in [4.78, 5) is 17.2. The Labute approximate surface area is 189 Å². The van der Waals surface area contributed by atoms with Gasteiger partial charge in [0.25, 0.3) is 0 Å². The molecule has 0 spiro atoms. The lowest BCUT2D eigenvalue weighted by atomic mass is 10.1. The van der Waals surface area contributed by atoms with Crippen molar-refractivity contribution in [3.05, 3.63) is 65.5 Å². The molecule has 4 rings (SSSR count). The van der Waals surface area contributed by atoms with Crippen molar-refractivity contribution in [1.82, 2.24) is 15.1 Å². The molecular formula is C25H32FN3O3. The van der Waals surface area contributed by atoms with E-state index in [2.05, 4.69) is 17.3 Å². The van der Waals surface area contributed by atoms with E-state index in [1.807, 2.05) is 29.2 Å². The summed E-state index contributed by atoms with van der Waals surface area (Å²) < 4.78 is 24.5. The van der Waals surface area contributed by atoms with Gasteiger partial charge in [-0.3, -0.25) is 0 Å². The van der Waals surface area contributed by atoms with Crippen LogP contribution in [0.1, 0.15) is 24.0 Å². The van der Waals surface area contributed by atoms with Crippen LogP contribution in [0.4, 0.5) is 9.18 Å². The van der Waals surface area contributed by atoms with Crippen molar-refractivity contribution in [2.24, 2.45) is 5.92 Å². The topological polar surface area (TPSA) is 54.0 Å². The maximum atomic E-state index is 13.3. The Kier molecular flexibility index (Phi) is 7.60. The number of ether oxygens (including phenoxy) is 2. The van der Waals surface area contributed by atoms with Crippen LogP contribution >= 0.6 is 0 Å². The molecule has 0 aliphatic carbocycles. The largest absolute Gasteiger partial charge is 0.488 e. The minimum atomic E-state index is -0.268. The Balaban J connectivity index is 1.33. The lowest BCUT2D eigenvalue weighted by Crippen LogP contribution is -2.42. The summed E-state index contributed by atoms with van der Waals surface area (Å²) in [5, 5.41) is 3.05. The number of benzene rings is 2. The van der Waals surface area contributed by atoms with Crippen LogP contribution in [-0.2, 0) is 17.8 Å². The highest BCUT2D eigenvalue weighted by Crippen LogP contribution is 2.19. The van der Waals surface area contributed by atoms with Crippen LogP contribution in [0.25, 0.3) is 0 Å². The van der Waals surface area contributed by atoms with Crippen molar-refractivity contribution in [1.29, 1.82) is 0 Å². The summed E-state index contributed by atoms with van der Waals surface area (Å²) >= 11 is 0. The van der Waals surface area contributed by atoms with Gasteiger partial charge in [-0.2, -0.15) is 0 Å². The van der Waals surface area contributed by atoms with Crippen LogP contribution in [0.3, 0.4) is 0 Å². The molecule has 0 aromatic heterocycles. The smallest absolute Gasteiger partial charge is 0.317 e. The van der Waals surface area contributed by atoms with E-state index in [0.717, 1.165) is 49.4 Å². The van der Waals surface area contributed by atoms with Crippen molar-refractivity contribution >= 4 is 6.03 Å². The Hall–Kier alpha value is -2.64. The highest BCUT2D eigenvalue weighted by molar-refractivity contribution is 5.74. The molecule has 0 radical (unpaired) electrons. The molecule has 6 nitrogen and oxygen atoms in total. The van der Waals surface area contributed by atoms with Crippen LogP contribution in [0.15, 0.2) is 48.5 Å². The van der Waals surface area contributed by atoms with E-state index in [4.69, 9.17) is 9.47 Å². The molecule has 2 saturated heterocycles. The van der Waals surface area contributed by atoms with E-state index in [-0.39, 0.29) is 18.0 Å². The van der Waals surface area contributed by atoms with Crippen molar-refractivity contribution < 1.29 is 18.7 Å². The number of carbonyl (C=O) groups is 1. The monoisotopic (exact) mass is 441 g/mol. The molecule has 1 N–H and O–H groups in total. The fourth-order valence-electron chi connectivity index (χ4n) is 4.29. The maximum Gasteiger partial charge on any atom is 0.317 e. The second kappa shape index (κ2) is 10.8. The summed E-state index contributed by atoms with van der Waals surface area (Å²) in [6, 6.07) is 14.1. The molecule has 172 valence electrons. The maximum absolute atomic E-state index is 13.3. The number of halogens is 1. The summed E-state index contributed by atoms with van der Waals surface area (Å²) in [6.07, 6.45) is 2.12. The van der Waals surface area contributed by atoms with Crippen molar-refractivity contribution in [2.45, 2.75) is 32.0 Å². The quantitative estimate of drug-likeness (QED) is 0.679. The van der Waals surface area contributed by atoms with Gasteiger partial charge < -0.3 is 24.6 Å². The second-order valence-corrected chi connectivity index (χ2v) is 8.83. The van der Waals surface area contributed by atoms with Crippen molar-refractivity contribution in [3.63, 3.8) is 0 Å². The molecule has 1 unspecified atom stereocenters. The van der Waals surface area contributed by atoms with Crippen LogP contribution < -0.4 is 10.1 Å². The molecule has 0 bridgehead atoms. The lowest BCUT2D eigenvalue weighted by Gasteiger charge is -2.26. The Bertz CT molecular complexity index is 869. The Morgan fingerprint density at radius 2 is 1.91 bits per heavy atom. The van der Waals surface area contributed by atoms with Gasteiger partial charge in [-0.25, -0.2) is 9.18 Å². The molecule has 2 amide bonds. The number of urea groups is 1. The van der Waals surface area contributed by atoms with Crippen LogP contribution in [0.2, 0.25) is 0 Å². The number of hydrogen-bond acceptors (Lipinski definition) is 4. The summed E-state index contributed by atoms with van der Waals surface area (Å²) in [6.45, 7) is 5.01. The zero-order chi connectivity index (χ0) is 22.3. The van der Waals surface area contributed by atoms with E-state index >= 15 is 0 Å². The molecule has 2 atom stereocenters. The van der Waals surface area contributed by atoms with E-state index in [1.165, 1.54) is 12.1 Å². The molecule has 2 aromatic carbocycles. The molecule has 2 aliphatic rings. The van der Waals surface area contributed by atoms with Gasteiger partial charge in [0.2, 0.25) is 0 Å². The molecular weight excluding hydrogens is 409 g/mol. The highest BCUT2D eigenvalue weighted by atomic mass is 19.1. The third-order valence-corrected chi connectivity index (χ3v) is 6.10. The molecule has 32 heavy (non-hydrogen) atoms. The minimum absolute atomic E-state index is 0.104. The lowest BCUT2D eigenvalue weighted by molar-refractivity contribution is 0.141. The molecule has 2 aromatic rings. The van der Waals surface area contributed by atoms with Gasteiger partial charge in [-0.05, 0) is 61.3 Å². The second-order valence-electron chi connectivity index (χ2n) is 8.83. The van der Waals surface area contributed by atoms with Gasteiger partial charge >= 0.3 is 6.03 Å². The first-order valence-electron chi connectivity index (χ1n) is 11.3. The molecule has 2 fully saturated rings. The first-order chi connectivity index (χ1) is 15.5. The first-order valence-corrected chi connectivity index (χ1v) is 11.3. The van der Waals surface area contributed by atoms with Crippen LogP contribution in [0, 0.1) is 11.7 Å². The van der Waals surface area contributed by atoms with Crippen LogP contribution in [0.5, 0.6) is 5.75 Å². The fourth-order valence-corrected chi connectivity index (χ4v) is 4.29. The predicted octanol–water partition coefficient (Wildman–Crippen LogP) is 3.66. The number of carbonyl (C=O) groups excluding carboxylic acids is 1. The molecule has 2 aliphatic heterocycles. The number of nitrogens with zero attached hydrogens (tertiary/aromatic N) is 2. The number of amides is 2. The molecule has 2 heterocycles. The van der Waals surface area contributed by atoms with Gasteiger partial charge in [0, 0.05) is 32.6 Å². The zero-order valence-corrected chi connectivity index (χ0v) is 18.6. The fraction of sp³-hybridized carbons (Fsp3) is 0.480. The average molecular weight is 442 g/mol. The van der Waals surface area contributed by atoms with Crippen molar-refractivity contribution in [3.8, 4) is 5.75 Å². The Morgan fingerprint density at radius 1 is 1.16 bits per heavy atom. The van der Waals surface area contributed by atoms with Gasteiger partial charge in [0.1, 0.15) is 17.7 Å². The number of nitrogens with one attached hydrogen (secondary N) is 1. The van der Waals surface area contributed by atoms with Gasteiger partial charge in [-0.15, -0.1) is 0 Å². The third kappa shape index (κ3) is 6.43. The van der Waals surface area contributed by atoms with Gasteiger partial charge in [0.15, 0.2) is 0 Å². The number of hydrogen-bond donors (Lipinski definition) is 1. The zero-order valence-electron chi connectivity index (χ0n) is 18.6. The van der Waals surface area contributed by atoms with Gasteiger partial charge in [0.05, 0.1) is 13.2 Å². The third-order valence-electron chi connectivity index (χ3n) is 6.10. The standard InChI is InChI=1S/C25H32FN3O3/c1-28-12-10-21(15-28)17-29(16-20-2-6-22(26)7-3-20)25(30)27-14-19-4-8-23(9-5-19)32-24-11-13-31-18-24/h2-9,21,24H,10-18H2,1H3,(H,27,30)/t21-,24?/m0/s1. The van der Waals surface area contributed by atoms with E-state index in [0.29, 0.717) is 32.2 Å².